The highest BCUT2D eigenvalue weighted by molar-refractivity contribution is 7.89. The number of amides is 1. The molecule has 1 N–H and O–H groups in total. The Bertz CT molecular complexity index is 642. The first-order chi connectivity index (χ1) is 11.6. The SMILES string of the molecule is CC[C@@H](C)C(=O)Nc1ccc(S(=O)(=O)N(CC(C)C)CC(C)C)cc1. The second-order valence-electron chi connectivity index (χ2n) is 7.43. The van der Waals surface area contributed by atoms with Gasteiger partial charge in [0.25, 0.3) is 0 Å². The average Bonchev–Trinajstić information content (AvgIpc) is 2.53. The molecular weight excluding hydrogens is 336 g/mol. The Balaban J connectivity index is 2.99. The summed E-state index contributed by atoms with van der Waals surface area (Å²) in [6.07, 6.45) is 0.762. The van der Waals surface area contributed by atoms with Gasteiger partial charge in [0, 0.05) is 24.7 Å². The third-order valence-electron chi connectivity index (χ3n) is 3.96. The van der Waals surface area contributed by atoms with Gasteiger partial charge in [-0.1, -0.05) is 41.5 Å². The molecule has 0 heterocycles. The maximum Gasteiger partial charge on any atom is 0.243 e. The molecular formula is C19H32N2O3S. The summed E-state index contributed by atoms with van der Waals surface area (Å²) in [6, 6.07) is 6.43. The number of nitrogens with one attached hydrogen (secondary N) is 1. The van der Waals surface area contributed by atoms with Crippen LogP contribution in [0.2, 0.25) is 0 Å². The van der Waals surface area contributed by atoms with Gasteiger partial charge in [-0.15, -0.1) is 0 Å². The molecule has 0 radical (unpaired) electrons. The number of carbonyl (C=O) groups excluding carboxylic acids is 1. The first kappa shape index (κ1) is 21.6. The highest BCUT2D eigenvalue weighted by Gasteiger charge is 2.25. The van der Waals surface area contributed by atoms with Gasteiger partial charge in [0.15, 0.2) is 0 Å². The maximum atomic E-state index is 12.9. The minimum Gasteiger partial charge on any atom is -0.326 e. The van der Waals surface area contributed by atoms with Crippen molar-refractivity contribution in [3.63, 3.8) is 0 Å². The largest absolute Gasteiger partial charge is 0.326 e. The van der Waals surface area contributed by atoms with E-state index < -0.39 is 10.0 Å². The van der Waals surface area contributed by atoms with E-state index in [2.05, 4.69) is 5.32 Å². The summed E-state index contributed by atoms with van der Waals surface area (Å²) < 4.78 is 27.4. The summed E-state index contributed by atoms with van der Waals surface area (Å²) in [7, 11) is -3.54. The van der Waals surface area contributed by atoms with E-state index in [1.165, 1.54) is 0 Å². The quantitative estimate of drug-likeness (QED) is 0.717. The number of rotatable bonds is 9. The van der Waals surface area contributed by atoms with E-state index in [4.69, 9.17) is 0 Å². The number of benzene rings is 1. The zero-order chi connectivity index (χ0) is 19.2. The predicted octanol–water partition coefficient (Wildman–Crippen LogP) is 3.97. The van der Waals surface area contributed by atoms with Crippen LogP contribution in [0.4, 0.5) is 5.69 Å². The predicted molar refractivity (Wildman–Crippen MR) is 103 cm³/mol. The molecule has 0 unspecified atom stereocenters. The molecule has 0 saturated heterocycles. The van der Waals surface area contributed by atoms with Crippen LogP contribution in [0.5, 0.6) is 0 Å². The van der Waals surface area contributed by atoms with Crippen molar-refractivity contribution in [2.75, 3.05) is 18.4 Å². The molecule has 0 fully saturated rings. The molecule has 0 bridgehead atoms. The monoisotopic (exact) mass is 368 g/mol. The van der Waals surface area contributed by atoms with E-state index in [9.17, 15) is 13.2 Å². The van der Waals surface area contributed by atoms with E-state index in [1.807, 2.05) is 41.5 Å². The zero-order valence-corrected chi connectivity index (χ0v) is 17.1. The molecule has 1 rings (SSSR count). The van der Waals surface area contributed by atoms with Crippen LogP contribution < -0.4 is 5.32 Å². The van der Waals surface area contributed by atoms with Crippen molar-refractivity contribution < 1.29 is 13.2 Å². The van der Waals surface area contributed by atoms with Crippen molar-refractivity contribution in [2.45, 2.75) is 52.9 Å². The van der Waals surface area contributed by atoms with Gasteiger partial charge in [0.05, 0.1) is 4.90 Å². The van der Waals surface area contributed by atoms with E-state index in [0.29, 0.717) is 18.8 Å². The third kappa shape index (κ3) is 6.44. The number of nitrogens with zero attached hydrogens (tertiary/aromatic N) is 1. The fourth-order valence-electron chi connectivity index (χ4n) is 2.40. The van der Waals surface area contributed by atoms with Crippen LogP contribution >= 0.6 is 0 Å². The number of carbonyl (C=O) groups is 1. The number of sulfonamides is 1. The molecule has 6 heteroatoms. The average molecular weight is 369 g/mol. The molecule has 5 nitrogen and oxygen atoms in total. The van der Waals surface area contributed by atoms with Crippen molar-refractivity contribution in [1.29, 1.82) is 0 Å². The number of hydrogen-bond acceptors (Lipinski definition) is 3. The van der Waals surface area contributed by atoms with Crippen molar-refractivity contribution in [1.82, 2.24) is 4.31 Å². The van der Waals surface area contributed by atoms with Gasteiger partial charge < -0.3 is 5.32 Å². The number of anilines is 1. The Morgan fingerprint density at radius 2 is 1.48 bits per heavy atom. The summed E-state index contributed by atoms with van der Waals surface area (Å²) in [5, 5.41) is 2.82. The van der Waals surface area contributed by atoms with E-state index in [-0.39, 0.29) is 28.6 Å². The van der Waals surface area contributed by atoms with E-state index >= 15 is 0 Å². The van der Waals surface area contributed by atoms with Gasteiger partial charge >= 0.3 is 0 Å². The van der Waals surface area contributed by atoms with Crippen molar-refractivity contribution in [3.8, 4) is 0 Å². The highest BCUT2D eigenvalue weighted by Crippen LogP contribution is 2.21. The Labute approximate surface area is 152 Å². The lowest BCUT2D eigenvalue weighted by Gasteiger charge is -2.25. The maximum absolute atomic E-state index is 12.9. The zero-order valence-electron chi connectivity index (χ0n) is 16.2. The molecule has 1 atom stereocenters. The van der Waals surface area contributed by atoms with Gasteiger partial charge in [-0.3, -0.25) is 4.79 Å². The summed E-state index contributed by atoms with van der Waals surface area (Å²) in [6.45, 7) is 12.8. The van der Waals surface area contributed by atoms with Crippen LogP contribution in [0.15, 0.2) is 29.2 Å². The molecule has 0 spiro atoms. The smallest absolute Gasteiger partial charge is 0.243 e. The first-order valence-corrected chi connectivity index (χ1v) is 10.4. The van der Waals surface area contributed by atoms with Crippen LogP contribution in [-0.4, -0.2) is 31.7 Å². The summed E-state index contributed by atoms with van der Waals surface area (Å²) in [5.41, 5.74) is 0.614. The van der Waals surface area contributed by atoms with E-state index in [0.717, 1.165) is 6.42 Å². The second kappa shape index (κ2) is 9.34. The van der Waals surface area contributed by atoms with Crippen LogP contribution in [0.1, 0.15) is 48.0 Å². The van der Waals surface area contributed by atoms with Crippen molar-refractivity contribution >= 4 is 21.6 Å². The minimum absolute atomic E-state index is 0.0562. The topological polar surface area (TPSA) is 66.5 Å². The summed E-state index contributed by atoms with van der Waals surface area (Å²) in [4.78, 5) is 12.2. The molecule has 0 aliphatic rings. The van der Waals surface area contributed by atoms with Gasteiger partial charge in [-0.05, 0) is 42.5 Å². The lowest BCUT2D eigenvalue weighted by molar-refractivity contribution is -0.119. The lowest BCUT2D eigenvalue weighted by Crippen LogP contribution is -2.37. The molecule has 25 heavy (non-hydrogen) atoms. The fraction of sp³-hybridized carbons (Fsp3) is 0.632. The van der Waals surface area contributed by atoms with Crippen LogP contribution in [0.25, 0.3) is 0 Å². The summed E-state index contributed by atoms with van der Waals surface area (Å²) in [5.74, 6) is 0.376. The Morgan fingerprint density at radius 3 is 1.88 bits per heavy atom. The third-order valence-corrected chi connectivity index (χ3v) is 5.80. The van der Waals surface area contributed by atoms with Crippen molar-refractivity contribution in [3.05, 3.63) is 24.3 Å². The highest BCUT2D eigenvalue weighted by atomic mass is 32.2. The minimum atomic E-state index is -3.54. The Kier molecular flexibility index (Phi) is 8.09. The van der Waals surface area contributed by atoms with Gasteiger partial charge in [0.1, 0.15) is 0 Å². The molecule has 0 aliphatic heterocycles. The Hall–Kier alpha value is -1.40. The van der Waals surface area contributed by atoms with Crippen LogP contribution in [-0.2, 0) is 14.8 Å². The van der Waals surface area contributed by atoms with E-state index in [1.54, 1.807) is 28.6 Å². The van der Waals surface area contributed by atoms with Gasteiger partial charge in [0.2, 0.25) is 15.9 Å². The molecule has 0 aliphatic carbocycles. The van der Waals surface area contributed by atoms with Crippen LogP contribution in [0.3, 0.4) is 0 Å². The fourth-order valence-corrected chi connectivity index (χ4v) is 4.16. The molecule has 1 amide bonds. The van der Waals surface area contributed by atoms with Gasteiger partial charge in [-0.2, -0.15) is 4.31 Å². The molecule has 0 saturated carbocycles. The standard InChI is InChI=1S/C19H32N2O3S/c1-7-16(6)19(22)20-17-8-10-18(11-9-17)25(23,24)21(12-14(2)3)13-15(4)5/h8-11,14-16H,7,12-13H2,1-6H3,(H,20,22)/t16-/m1/s1. The molecule has 1 aromatic carbocycles. The number of hydrogen-bond donors (Lipinski definition) is 1. The summed E-state index contributed by atoms with van der Waals surface area (Å²) >= 11 is 0. The van der Waals surface area contributed by atoms with Crippen LogP contribution in [0, 0.1) is 17.8 Å². The Morgan fingerprint density at radius 1 is 1.00 bits per heavy atom. The normalized spacial score (nSPS) is 13.5. The van der Waals surface area contributed by atoms with Gasteiger partial charge in [-0.25, -0.2) is 8.42 Å². The molecule has 0 aromatic heterocycles. The first-order valence-electron chi connectivity index (χ1n) is 8.99. The van der Waals surface area contributed by atoms with Crippen molar-refractivity contribution in [2.24, 2.45) is 17.8 Å². The second-order valence-corrected chi connectivity index (χ2v) is 9.37. The lowest BCUT2D eigenvalue weighted by atomic mass is 10.1. The molecule has 1 aromatic rings. The molecule has 142 valence electrons.